The van der Waals surface area contributed by atoms with Gasteiger partial charge in [-0.2, -0.15) is 0 Å². The standard InChI is InChI=1S/C13H22N2O2S/c1-10(2)14-6-13-15-11(9-18-13)7-16-8-12-4-3-5-17-12/h9-10,12,14H,3-8H2,1-2H3. The summed E-state index contributed by atoms with van der Waals surface area (Å²) >= 11 is 1.69. The fourth-order valence-electron chi connectivity index (χ4n) is 1.86. The molecule has 0 spiro atoms. The number of ether oxygens (including phenoxy) is 2. The lowest BCUT2D eigenvalue weighted by molar-refractivity contribution is 0.00975. The summed E-state index contributed by atoms with van der Waals surface area (Å²) in [5.41, 5.74) is 1.03. The van der Waals surface area contributed by atoms with E-state index in [-0.39, 0.29) is 0 Å². The van der Waals surface area contributed by atoms with E-state index < -0.39 is 0 Å². The third kappa shape index (κ3) is 4.65. The highest BCUT2D eigenvalue weighted by atomic mass is 32.1. The summed E-state index contributed by atoms with van der Waals surface area (Å²) in [5.74, 6) is 0. The predicted octanol–water partition coefficient (Wildman–Crippen LogP) is 2.34. The van der Waals surface area contributed by atoms with Gasteiger partial charge in [-0.3, -0.25) is 0 Å². The smallest absolute Gasteiger partial charge is 0.107 e. The van der Waals surface area contributed by atoms with Gasteiger partial charge in [-0.25, -0.2) is 4.98 Å². The SMILES string of the molecule is CC(C)NCc1nc(COCC2CCCO2)cs1. The molecule has 1 aromatic rings. The zero-order chi connectivity index (χ0) is 12.8. The molecule has 2 heterocycles. The van der Waals surface area contributed by atoms with Crippen LogP contribution in [0.1, 0.15) is 37.4 Å². The molecular formula is C13H22N2O2S. The Balaban J connectivity index is 1.66. The number of hydrogen-bond acceptors (Lipinski definition) is 5. The Labute approximate surface area is 113 Å². The largest absolute Gasteiger partial charge is 0.376 e. The Hall–Kier alpha value is -0.490. The van der Waals surface area contributed by atoms with Gasteiger partial charge in [0.25, 0.3) is 0 Å². The van der Waals surface area contributed by atoms with Crippen LogP contribution in [0.5, 0.6) is 0 Å². The molecule has 1 fully saturated rings. The molecule has 1 aromatic heterocycles. The highest BCUT2D eigenvalue weighted by molar-refractivity contribution is 7.09. The monoisotopic (exact) mass is 270 g/mol. The number of aromatic nitrogens is 1. The number of nitrogens with one attached hydrogen (secondary N) is 1. The van der Waals surface area contributed by atoms with E-state index in [1.807, 2.05) is 0 Å². The summed E-state index contributed by atoms with van der Waals surface area (Å²) in [6.45, 7) is 7.29. The molecule has 1 atom stereocenters. The van der Waals surface area contributed by atoms with Crippen molar-refractivity contribution < 1.29 is 9.47 Å². The zero-order valence-electron chi connectivity index (χ0n) is 11.1. The minimum absolute atomic E-state index is 0.297. The van der Waals surface area contributed by atoms with Crippen molar-refractivity contribution in [1.29, 1.82) is 0 Å². The second kappa shape index (κ2) is 7.19. The average Bonchev–Trinajstić information content (AvgIpc) is 2.97. The van der Waals surface area contributed by atoms with E-state index >= 15 is 0 Å². The Morgan fingerprint density at radius 2 is 2.50 bits per heavy atom. The molecule has 18 heavy (non-hydrogen) atoms. The van der Waals surface area contributed by atoms with Crippen molar-refractivity contribution in [2.75, 3.05) is 13.2 Å². The van der Waals surface area contributed by atoms with Gasteiger partial charge in [0.15, 0.2) is 0 Å². The van der Waals surface area contributed by atoms with Crippen molar-refractivity contribution >= 4 is 11.3 Å². The highest BCUT2D eigenvalue weighted by Gasteiger charge is 2.15. The van der Waals surface area contributed by atoms with Crippen LogP contribution in [0.2, 0.25) is 0 Å². The van der Waals surface area contributed by atoms with E-state index in [9.17, 15) is 0 Å². The molecule has 4 nitrogen and oxygen atoms in total. The van der Waals surface area contributed by atoms with Gasteiger partial charge in [-0.15, -0.1) is 11.3 Å². The molecule has 0 radical (unpaired) electrons. The molecule has 2 rings (SSSR count). The molecule has 102 valence electrons. The molecule has 1 aliphatic heterocycles. The Bertz CT molecular complexity index is 349. The topological polar surface area (TPSA) is 43.4 Å². The maximum Gasteiger partial charge on any atom is 0.107 e. The van der Waals surface area contributed by atoms with Crippen molar-refractivity contribution in [3.63, 3.8) is 0 Å². The lowest BCUT2D eigenvalue weighted by Gasteiger charge is -2.08. The first-order valence-electron chi connectivity index (χ1n) is 6.60. The maximum absolute atomic E-state index is 5.64. The van der Waals surface area contributed by atoms with E-state index in [0.29, 0.717) is 25.4 Å². The molecule has 1 saturated heterocycles. The predicted molar refractivity (Wildman–Crippen MR) is 72.7 cm³/mol. The molecule has 0 amide bonds. The van der Waals surface area contributed by atoms with E-state index in [2.05, 4.69) is 29.5 Å². The maximum atomic E-state index is 5.64. The van der Waals surface area contributed by atoms with Crippen molar-refractivity contribution in [2.45, 2.75) is 52.0 Å². The third-order valence-electron chi connectivity index (χ3n) is 2.84. The normalized spacial score (nSPS) is 19.8. The number of rotatable bonds is 7. The number of thiazole rings is 1. The fourth-order valence-corrected chi connectivity index (χ4v) is 2.59. The molecule has 0 bridgehead atoms. The van der Waals surface area contributed by atoms with Crippen LogP contribution in [0, 0.1) is 0 Å². The van der Waals surface area contributed by atoms with Gasteiger partial charge in [0, 0.05) is 24.6 Å². The number of nitrogens with zero attached hydrogens (tertiary/aromatic N) is 1. The second-order valence-electron chi connectivity index (χ2n) is 4.92. The van der Waals surface area contributed by atoms with Crippen LogP contribution in [0.4, 0.5) is 0 Å². The van der Waals surface area contributed by atoms with E-state index in [0.717, 1.165) is 36.7 Å². The highest BCUT2D eigenvalue weighted by Crippen LogP contribution is 2.14. The van der Waals surface area contributed by atoms with Crippen molar-refractivity contribution in [3.05, 3.63) is 16.1 Å². The summed E-state index contributed by atoms with van der Waals surface area (Å²) in [7, 11) is 0. The van der Waals surface area contributed by atoms with Crippen LogP contribution in [-0.4, -0.2) is 30.3 Å². The average molecular weight is 270 g/mol. The minimum Gasteiger partial charge on any atom is -0.376 e. The van der Waals surface area contributed by atoms with Crippen molar-refractivity contribution in [1.82, 2.24) is 10.3 Å². The minimum atomic E-state index is 0.297. The lowest BCUT2D eigenvalue weighted by atomic mass is 10.2. The Kier molecular flexibility index (Phi) is 5.56. The van der Waals surface area contributed by atoms with Crippen molar-refractivity contribution in [2.24, 2.45) is 0 Å². The van der Waals surface area contributed by atoms with Crippen molar-refractivity contribution in [3.8, 4) is 0 Å². The summed E-state index contributed by atoms with van der Waals surface area (Å²) in [6, 6.07) is 0.494. The van der Waals surface area contributed by atoms with Gasteiger partial charge < -0.3 is 14.8 Å². The second-order valence-corrected chi connectivity index (χ2v) is 5.86. The number of hydrogen-bond donors (Lipinski definition) is 1. The quantitative estimate of drug-likeness (QED) is 0.826. The Morgan fingerprint density at radius 1 is 1.61 bits per heavy atom. The first-order chi connectivity index (χ1) is 8.74. The first kappa shape index (κ1) is 13.9. The van der Waals surface area contributed by atoms with E-state index in [1.54, 1.807) is 11.3 Å². The summed E-state index contributed by atoms with van der Waals surface area (Å²) in [6.07, 6.45) is 2.59. The van der Waals surface area contributed by atoms with Gasteiger partial charge in [-0.05, 0) is 12.8 Å². The van der Waals surface area contributed by atoms with Crippen LogP contribution in [0.25, 0.3) is 0 Å². The summed E-state index contributed by atoms with van der Waals surface area (Å²) in [5, 5.41) is 6.56. The molecule has 1 N–H and O–H groups in total. The molecule has 1 aliphatic rings. The molecule has 0 saturated carbocycles. The van der Waals surface area contributed by atoms with Crippen LogP contribution < -0.4 is 5.32 Å². The first-order valence-corrected chi connectivity index (χ1v) is 7.48. The summed E-state index contributed by atoms with van der Waals surface area (Å²) < 4.78 is 11.1. The third-order valence-corrected chi connectivity index (χ3v) is 3.74. The summed E-state index contributed by atoms with van der Waals surface area (Å²) in [4.78, 5) is 4.54. The van der Waals surface area contributed by atoms with Gasteiger partial charge in [0.2, 0.25) is 0 Å². The molecule has 1 unspecified atom stereocenters. The van der Waals surface area contributed by atoms with E-state index in [1.165, 1.54) is 0 Å². The van der Waals surface area contributed by atoms with Crippen LogP contribution in [0.15, 0.2) is 5.38 Å². The lowest BCUT2D eigenvalue weighted by Crippen LogP contribution is -2.21. The van der Waals surface area contributed by atoms with Gasteiger partial charge in [0.05, 0.1) is 25.0 Å². The van der Waals surface area contributed by atoms with Gasteiger partial charge >= 0.3 is 0 Å². The van der Waals surface area contributed by atoms with Crippen LogP contribution >= 0.6 is 11.3 Å². The van der Waals surface area contributed by atoms with Crippen LogP contribution in [0.3, 0.4) is 0 Å². The molecular weight excluding hydrogens is 248 g/mol. The Morgan fingerprint density at radius 3 is 3.22 bits per heavy atom. The fraction of sp³-hybridized carbons (Fsp3) is 0.769. The van der Waals surface area contributed by atoms with Gasteiger partial charge in [0.1, 0.15) is 5.01 Å². The zero-order valence-corrected chi connectivity index (χ0v) is 12.0. The molecule has 5 heteroatoms. The van der Waals surface area contributed by atoms with Crippen LogP contribution in [-0.2, 0) is 22.6 Å². The van der Waals surface area contributed by atoms with Gasteiger partial charge in [-0.1, -0.05) is 13.8 Å². The van der Waals surface area contributed by atoms with E-state index in [4.69, 9.17) is 9.47 Å². The molecule has 0 aliphatic carbocycles. The molecule has 0 aromatic carbocycles.